The van der Waals surface area contributed by atoms with Crippen LogP contribution in [-0.2, 0) is 9.53 Å². The lowest BCUT2D eigenvalue weighted by atomic mass is 10.2. The summed E-state index contributed by atoms with van der Waals surface area (Å²) in [6, 6.07) is 10.4. The lowest BCUT2D eigenvalue weighted by molar-refractivity contribution is -0.137. The van der Waals surface area contributed by atoms with Crippen LogP contribution in [0.15, 0.2) is 48.6 Å². The van der Waals surface area contributed by atoms with E-state index in [9.17, 15) is 4.79 Å². The van der Waals surface area contributed by atoms with Gasteiger partial charge in [0, 0.05) is 15.7 Å². The summed E-state index contributed by atoms with van der Waals surface area (Å²) < 4.78 is 6.06. The van der Waals surface area contributed by atoms with E-state index >= 15 is 0 Å². The Morgan fingerprint density at radius 3 is 2.94 bits per heavy atom. The molecule has 0 fully saturated rings. The van der Waals surface area contributed by atoms with Gasteiger partial charge in [0.25, 0.3) is 0 Å². The van der Waals surface area contributed by atoms with Crippen LogP contribution in [0.5, 0.6) is 0 Å². The van der Waals surface area contributed by atoms with Crippen LogP contribution in [0, 0.1) is 0 Å². The van der Waals surface area contributed by atoms with Gasteiger partial charge in [-0.15, -0.1) is 11.3 Å². The van der Waals surface area contributed by atoms with Gasteiger partial charge < -0.3 is 4.74 Å². The van der Waals surface area contributed by atoms with E-state index in [0.717, 1.165) is 0 Å². The average molecular weight is 258 g/mol. The quantitative estimate of drug-likeness (QED) is 0.470. The van der Waals surface area contributed by atoms with Gasteiger partial charge in [-0.3, -0.25) is 0 Å². The van der Waals surface area contributed by atoms with Gasteiger partial charge in [0.2, 0.25) is 0 Å². The number of fused-ring (bicyclic) bond motifs is 1. The molecule has 0 unspecified atom stereocenters. The molecule has 0 N–H and O–H groups in total. The van der Waals surface area contributed by atoms with Gasteiger partial charge in [0.05, 0.1) is 6.61 Å². The molecule has 0 saturated heterocycles. The Labute approximate surface area is 110 Å². The fourth-order valence-corrected chi connectivity index (χ4v) is 2.54. The first-order chi connectivity index (χ1) is 8.79. The van der Waals surface area contributed by atoms with E-state index in [1.165, 1.54) is 21.0 Å². The molecule has 1 aromatic carbocycles. The molecule has 0 aliphatic heterocycles. The van der Waals surface area contributed by atoms with E-state index in [-0.39, 0.29) is 5.97 Å². The Morgan fingerprint density at radius 2 is 2.17 bits per heavy atom. The van der Waals surface area contributed by atoms with Crippen molar-refractivity contribution in [1.29, 1.82) is 0 Å². The molecule has 0 radical (unpaired) electrons. The molecular formula is C15H14O2S. The first-order valence-electron chi connectivity index (χ1n) is 5.79. The van der Waals surface area contributed by atoms with Crippen LogP contribution in [-0.4, -0.2) is 12.6 Å². The fraction of sp³-hybridized carbons (Fsp3) is 0.133. The van der Waals surface area contributed by atoms with Crippen molar-refractivity contribution in [3.8, 4) is 0 Å². The van der Waals surface area contributed by atoms with Crippen LogP contribution in [0.1, 0.15) is 11.8 Å². The topological polar surface area (TPSA) is 26.3 Å². The lowest BCUT2D eigenvalue weighted by Gasteiger charge is -1.92. The number of allylic oxidation sites excluding steroid dienone is 2. The molecule has 3 heteroatoms. The van der Waals surface area contributed by atoms with Crippen LogP contribution in [0.4, 0.5) is 0 Å². The number of carbonyl (C=O) groups excluding carboxylic acids is 1. The molecule has 92 valence electrons. The third kappa shape index (κ3) is 3.31. The Morgan fingerprint density at radius 1 is 1.33 bits per heavy atom. The molecule has 0 atom stereocenters. The molecule has 0 amide bonds. The fourth-order valence-electron chi connectivity index (χ4n) is 1.56. The third-order valence-corrected chi connectivity index (χ3v) is 3.42. The van der Waals surface area contributed by atoms with E-state index in [4.69, 9.17) is 4.74 Å². The predicted octanol–water partition coefficient (Wildman–Crippen LogP) is 4.03. The Bertz CT molecular complexity index is 560. The van der Waals surface area contributed by atoms with Crippen molar-refractivity contribution in [2.24, 2.45) is 0 Å². The van der Waals surface area contributed by atoms with Gasteiger partial charge in [0.15, 0.2) is 0 Å². The molecule has 2 rings (SSSR count). The molecule has 0 aliphatic carbocycles. The Kier molecular flexibility index (Phi) is 4.31. The van der Waals surface area contributed by atoms with Gasteiger partial charge in [0.1, 0.15) is 0 Å². The second-order valence-corrected chi connectivity index (χ2v) is 4.77. The number of esters is 1. The second-order valence-electron chi connectivity index (χ2n) is 3.66. The monoisotopic (exact) mass is 258 g/mol. The summed E-state index contributed by atoms with van der Waals surface area (Å²) in [5.41, 5.74) is 0. The summed E-state index contributed by atoms with van der Waals surface area (Å²) in [5.74, 6) is -0.307. The number of rotatable bonds is 4. The van der Waals surface area contributed by atoms with Gasteiger partial charge in [-0.2, -0.15) is 0 Å². The maximum atomic E-state index is 11.1. The summed E-state index contributed by atoms with van der Waals surface area (Å²) in [4.78, 5) is 12.2. The standard InChI is InChI=1S/C15H14O2S/c1-2-17-15(16)10-6-4-8-13-11-12-7-3-5-9-14(12)18-13/h3-11H,2H2,1H3/b8-4+,10-6+. The molecule has 2 aromatic rings. The SMILES string of the molecule is CCOC(=O)/C=C/C=C/c1cc2ccccc2s1. The van der Waals surface area contributed by atoms with Crippen molar-refractivity contribution in [2.75, 3.05) is 6.61 Å². The van der Waals surface area contributed by atoms with E-state index in [1.54, 1.807) is 24.3 Å². The molecular weight excluding hydrogens is 244 g/mol. The number of hydrogen-bond acceptors (Lipinski definition) is 3. The minimum atomic E-state index is -0.307. The highest BCUT2D eigenvalue weighted by Crippen LogP contribution is 2.25. The molecule has 0 saturated carbocycles. The molecule has 0 aliphatic rings. The van der Waals surface area contributed by atoms with Crippen molar-refractivity contribution in [1.82, 2.24) is 0 Å². The van der Waals surface area contributed by atoms with Crippen LogP contribution in [0.25, 0.3) is 16.2 Å². The first kappa shape index (κ1) is 12.6. The zero-order valence-electron chi connectivity index (χ0n) is 10.1. The number of carbonyl (C=O) groups is 1. The molecule has 18 heavy (non-hydrogen) atoms. The van der Waals surface area contributed by atoms with Crippen molar-refractivity contribution in [3.63, 3.8) is 0 Å². The minimum Gasteiger partial charge on any atom is -0.463 e. The van der Waals surface area contributed by atoms with Gasteiger partial charge in [-0.1, -0.05) is 30.4 Å². The Balaban J connectivity index is 2.02. The van der Waals surface area contributed by atoms with Crippen molar-refractivity contribution < 1.29 is 9.53 Å². The number of thiophene rings is 1. The van der Waals surface area contributed by atoms with E-state index in [1.807, 2.05) is 24.3 Å². The third-order valence-electron chi connectivity index (χ3n) is 2.34. The Hall–Kier alpha value is -1.87. The minimum absolute atomic E-state index is 0.307. The second kappa shape index (κ2) is 6.17. The maximum Gasteiger partial charge on any atom is 0.330 e. The van der Waals surface area contributed by atoms with Crippen LogP contribution in [0.2, 0.25) is 0 Å². The molecule has 2 nitrogen and oxygen atoms in total. The lowest BCUT2D eigenvalue weighted by Crippen LogP contribution is -1.98. The summed E-state index contributed by atoms with van der Waals surface area (Å²) in [6.45, 7) is 2.20. The number of ether oxygens (including phenoxy) is 1. The zero-order chi connectivity index (χ0) is 12.8. The summed E-state index contributed by atoms with van der Waals surface area (Å²) in [7, 11) is 0. The molecule has 0 spiro atoms. The van der Waals surface area contributed by atoms with Crippen LogP contribution in [0.3, 0.4) is 0 Å². The van der Waals surface area contributed by atoms with E-state index in [0.29, 0.717) is 6.61 Å². The van der Waals surface area contributed by atoms with Gasteiger partial charge in [-0.25, -0.2) is 4.79 Å². The maximum absolute atomic E-state index is 11.1. The van der Waals surface area contributed by atoms with Gasteiger partial charge >= 0.3 is 5.97 Å². The normalized spacial score (nSPS) is 11.6. The molecule has 0 bridgehead atoms. The zero-order valence-corrected chi connectivity index (χ0v) is 10.9. The van der Waals surface area contributed by atoms with E-state index < -0.39 is 0 Å². The molecule has 1 aromatic heterocycles. The molecule has 1 heterocycles. The van der Waals surface area contributed by atoms with E-state index in [2.05, 4.69) is 18.2 Å². The largest absolute Gasteiger partial charge is 0.463 e. The number of hydrogen-bond donors (Lipinski definition) is 0. The highest BCUT2D eigenvalue weighted by Gasteiger charge is 1.96. The summed E-state index contributed by atoms with van der Waals surface area (Å²) in [6.07, 6.45) is 6.96. The van der Waals surface area contributed by atoms with Crippen LogP contribution < -0.4 is 0 Å². The van der Waals surface area contributed by atoms with Crippen molar-refractivity contribution in [2.45, 2.75) is 6.92 Å². The highest BCUT2D eigenvalue weighted by atomic mass is 32.1. The smallest absolute Gasteiger partial charge is 0.330 e. The van der Waals surface area contributed by atoms with Crippen molar-refractivity contribution in [3.05, 3.63) is 53.4 Å². The summed E-state index contributed by atoms with van der Waals surface area (Å²) in [5, 5.41) is 1.25. The average Bonchev–Trinajstić information content (AvgIpc) is 2.77. The summed E-state index contributed by atoms with van der Waals surface area (Å²) >= 11 is 1.73. The van der Waals surface area contributed by atoms with Gasteiger partial charge in [-0.05, 0) is 30.5 Å². The van der Waals surface area contributed by atoms with Crippen molar-refractivity contribution >= 4 is 33.5 Å². The first-order valence-corrected chi connectivity index (χ1v) is 6.61. The predicted molar refractivity (Wildman–Crippen MR) is 76.6 cm³/mol. The van der Waals surface area contributed by atoms with Crippen LogP contribution >= 0.6 is 11.3 Å². The number of benzene rings is 1. The highest BCUT2D eigenvalue weighted by molar-refractivity contribution is 7.19.